The molecule has 1 heterocycles. The number of benzene rings is 1. The summed E-state index contributed by atoms with van der Waals surface area (Å²) in [6.45, 7) is 8.32. The molecule has 0 saturated heterocycles. The molecule has 0 N–H and O–H groups in total. The first-order valence-electron chi connectivity index (χ1n) is 9.13. The molecular formula is C22H25NO4Se. The molecule has 1 aromatic carbocycles. The molecule has 5 nitrogen and oxygen atoms in total. The Balaban J connectivity index is 2.00. The first kappa shape index (κ1) is 20.6. The van der Waals surface area contributed by atoms with Crippen molar-refractivity contribution in [3.8, 4) is 0 Å². The van der Waals surface area contributed by atoms with Crippen LogP contribution in [0, 0.1) is 33.1 Å². The summed E-state index contributed by atoms with van der Waals surface area (Å²) in [7, 11) is 2.61. The van der Waals surface area contributed by atoms with Gasteiger partial charge in [-0.3, -0.25) is 0 Å². The Hall–Kier alpha value is -2.17. The number of carbonyl (C=O) groups is 2. The molecule has 0 radical (unpaired) electrons. The van der Waals surface area contributed by atoms with Crippen molar-refractivity contribution < 1.29 is 19.1 Å². The average molecular weight is 446 g/mol. The SMILES string of the molecule is COC(=O)C1(C(=O)OC)Cc2cc([Se]c3c(C)cc(C)cc3C)nc(C)c2C1. The van der Waals surface area contributed by atoms with Crippen molar-refractivity contribution in [2.45, 2.75) is 40.5 Å². The molecular weight excluding hydrogens is 421 g/mol. The normalized spacial score (nSPS) is 14.5. The van der Waals surface area contributed by atoms with Gasteiger partial charge in [0.1, 0.15) is 0 Å². The third kappa shape index (κ3) is 3.47. The van der Waals surface area contributed by atoms with E-state index in [1.165, 1.54) is 35.4 Å². The predicted molar refractivity (Wildman–Crippen MR) is 109 cm³/mol. The van der Waals surface area contributed by atoms with Gasteiger partial charge in [-0.05, 0) is 0 Å². The van der Waals surface area contributed by atoms with E-state index in [0.717, 1.165) is 21.4 Å². The van der Waals surface area contributed by atoms with Crippen LogP contribution in [0.15, 0.2) is 18.2 Å². The maximum atomic E-state index is 12.5. The zero-order valence-electron chi connectivity index (χ0n) is 17.1. The minimum atomic E-state index is -1.31. The summed E-state index contributed by atoms with van der Waals surface area (Å²) < 4.78 is 12.2. The number of fused-ring (bicyclic) bond motifs is 1. The van der Waals surface area contributed by atoms with Crippen LogP contribution in [0.2, 0.25) is 0 Å². The van der Waals surface area contributed by atoms with E-state index in [1.54, 1.807) is 0 Å². The summed E-state index contributed by atoms with van der Waals surface area (Å²) in [5.41, 5.74) is 5.31. The fourth-order valence-electron chi connectivity index (χ4n) is 4.07. The van der Waals surface area contributed by atoms with Crippen molar-refractivity contribution in [3.63, 3.8) is 0 Å². The number of esters is 2. The fourth-order valence-corrected chi connectivity index (χ4v) is 6.24. The maximum absolute atomic E-state index is 12.5. The second-order valence-electron chi connectivity index (χ2n) is 7.43. The van der Waals surface area contributed by atoms with Crippen LogP contribution < -0.4 is 9.05 Å². The van der Waals surface area contributed by atoms with Gasteiger partial charge in [-0.15, -0.1) is 0 Å². The van der Waals surface area contributed by atoms with Crippen molar-refractivity contribution in [1.29, 1.82) is 0 Å². The van der Waals surface area contributed by atoms with E-state index in [-0.39, 0.29) is 21.4 Å². The number of aromatic nitrogens is 1. The van der Waals surface area contributed by atoms with Gasteiger partial charge in [0.05, 0.1) is 0 Å². The Labute approximate surface area is 172 Å². The van der Waals surface area contributed by atoms with Crippen LogP contribution in [0.5, 0.6) is 0 Å². The van der Waals surface area contributed by atoms with Crippen LogP contribution in [-0.2, 0) is 31.9 Å². The first-order valence-corrected chi connectivity index (χ1v) is 10.8. The summed E-state index contributed by atoms with van der Waals surface area (Å²) in [5.74, 6) is -1.10. The number of methoxy groups -OCH3 is 2. The second kappa shape index (κ2) is 7.69. The Bertz CT molecular complexity index is 928. The van der Waals surface area contributed by atoms with Gasteiger partial charge in [0, 0.05) is 0 Å². The quantitative estimate of drug-likeness (QED) is 0.404. The molecule has 3 rings (SSSR count). The fraction of sp³-hybridized carbons (Fsp3) is 0.409. The van der Waals surface area contributed by atoms with Gasteiger partial charge < -0.3 is 0 Å². The molecule has 0 bridgehead atoms. The standard InChI is InChI=1S/C22H25NO4Se/c1-12-7-13(2)19(14(3)8-12)28-18-9-16-10-22(20(24)26-5,21(25)27-6)11-17(16)15(4)23-18/h7-9H,10-11H2,1-6H3. The van der Waals surface area contributed by atoms with E-state index < -0.39 is 17.4 Å². The number of pyridine rings is 1. The van der Waals surface area contributed by atoms with Gasteiger partial charge in [-0.1, -0.05) is 0 Å². The van der Waals surface area contributed by atoms with Crippen LogP contribution in [-0.4, -0.2) is 46.1 Å². The average Bonchev–Trinajstić information content (AvgIpc) is 3.04. The molecule has 0 fully saturated rings. The van der Waals surface area contributed by atoms with Gasteiger partial charge in [-0.25, -0.2) is 0 Å². The van der Waals surface area contributed by atoms with E-state index in [9.17, 15) is 9.59 Å². The molecule has 0 saturated carbocycles. The van der Waals surface area contributed by atoms with Crippen LogP contribution in [0.25, 0.3) is 0 Å². The summed E-state index contributed by atoms with van der Waals surface area (Å²) in [5, 5.41) is 0. The zero-order valence-corrected chi connectivity index (χ0v) is 18.8. The van der Waals surface area contributed by atoms with Gasteiger partial charge in [0.2, 0.25) is 0 Å². The Morgan fingerprint density at radius 3 is 2.07 bits per heavy atom. The summed E-state index contributed by atoms with van der Waals surface area (Å²) in [4.78, 5) is 29.8. The van der Waals surface area contributed by atoms with Gasteiger partial charge in [-0.2, -0.15) is 0 Å². The van der Waals surface area contributed by atoms with Crippen molar-refractivity contribution in [1.82, 2.24) is 4.98 Å². The number of rotatable bonds is 4. The number of nitrogens with zero attached hydrogens (tertiary/aromatic N) is 1. The number of ether oxygens (including phenoxy) is 2. The summed E-state index contributed by atoms with van der Waals surface area (Å²) in [6, 6.07) is 6.45. The minimum absolute atomic E-state index is 0.0451. The first-order chi connectivity index (χ1) is 13.2. The molecule has 0 amide bonds. The Morgan fingerprint density at radius 2 is 1.54 bits per heavy atom. The second-order valence-corrected chi connectivity index (χ2v) is 9.59. The molecule has 2 aromatic rings. The molecule has 6 heteroatoms. The van der Waals surface area contributed by atoms with Crippen LogP contribution in [0.1, 0.15) is 33.5 Å². The molecule has 0 unspecified atom stereocenters. The van der Waals surface area contributed by atoms with E-state index in [1.807, 2.05) is 6.92 Å². The van der Waals surface area contributed by atoms with Crippen molar-refractivity contribution >= 4 is 35.9 Å². The topological polar surface area (TPSA) is 65.5 Å². The van der Waals surface area contributed by atoms with E-state index >= 15 is 0 Å². The van der Waals surface area contributed by atoms with Crippen molar-refractivity contribution in [2.24, 2.45) is 5.41 Å². The summed E-state index contributed by atoms with van der Waals surface area (Å²) in [6.07, 6.45) is 0.566. The Kier molecular flexibility index (Phi) is 5.64. The van der Waals surface area contributed by atoms with Crippen LogP contribution in [0.3, 0.4) is 0 Å². The number of carbonyl (C=O) groups excluding carboxylic acids is 2. The molecule has 0 aliphatic heterocycles. The number of hydrogen-bond acceptors (Lipinski definition) is 5. The van der Waals surface area contributed by atoms with E-state index in [4.69, 9.17) is 14.5 Å². The van der Waals surface area contributed by atoms with Crippen molar-refractivity contribution in [2.75, 3.05) is 14.2 Å². The number of hydrogen-bond donors (Lipinski definition) is 0. The van der Waals surface area contributed by atoms with E-state index in [0.29, 0.717) is 6.42 Å². The van der Waals surface area contributed by atoms with Crippen LogP contribution in [0.4, 0.5) is 0 Å². The molecule has 0 spiro atoms. The van der Waals surface area contributed by atoms with Gasteiger partial charge in [0.15, 0.2) is 0 Å². The van der Waals surface area contributed by atoms with E-state index in [2.05, 4.69) is 39.0 Å². The Morgan fingerprint density at radius 1 is 0.964 bits per heavy atom. The van der Waals surface area contributed by atoms with Gasteiger partial charge >= 0.3 is 172 Å². The van der Waals surface area contributed by atoms with Gasteiger partial charge in [0.25, 0.3) is 0 Å². The monoisotopic (exact) mass is 447 g/mol. The molecule has 0 atom stereocenters. The van der Waals surface area contributed by atoms with Crippen molar-refractivity contribution in [3.05, 3.63) is 51.7 Å². The van der Waals surface area contributed by atoms with Crippen LogP contribution >= 0.6 is 0 Å². The molecule has 1 aliphatic carbocycles. The molecule has 1 aliphatic rings. The zero-order chi connectivity index (χ0) is 20.6. The third-order valence-corrected chi connectivity index (χ3v) is 7.99. The summed E-state index contributed by atoms with van der Waals surface area (Å²) >= 11 is 0.0451. The molecule has 1 aromatic heterocycles. The molecule has 148 valence electrons. The predicted octanol–water partition coefficient (Wildman–Crippen LogP) is 1.40. The third-order valence-electron chi connectivity index (χ3n) is 5.33. The molecule has 28 heavy (non-hydrogen) atoms. The number of aryl methyl sites for hydroxylation is 4.